The number of nitrogens with zero attached hydrogens (tertiary/aromatic N) is 1. The molecule has 0 radical (unpaired) electrons. The van der Waals surface area contributed by atoms with Crippen molar-refractivity contribution in [3.8, 4) is 0 Å². The Kier molecular flexibility index (Phi) is 16.5. The van der Waals surface area contributed by atoms with Crippen molar-refractivity contribution in [3.05, 3.63) is 42.0 Å². The van der Waals surface area contributed by atoms with Gasteiger partial charge in [0.15, 0.2) is 0 Å². The summed E-state index contributed by atoms with van der Waals surface area (Å²) in [4.78, 5) is 54.3. The molecule has 1 aromatic rings. The molecule has 0 aromatic heterocycles. The smallest absolute Gasteiger partial charge is 0.408 e. The van der Waals surface area contributed by atoms with Crippen LogP contribution in [-0.4, -0.2) is 52.9 Å². The molecule has 4 amide bonds. The Morgan fingerprint density at radius 1 is 1.00 bits per heavy atom. The number of nitrogens with one attached hydrogen (secondary N) is 2. The number of ether oxygens (including phenoxy) is 1. The number of carbonyl (C=O) groups is 4. The average molecular weight is 587 g/mol. The first kappa shape index (κ1) is 36.7. The lowest BCUT2D eigenvalue weighted by Crippen LogP contribution is -2.54. The van der Waals surface area contributed by atoms with E-state index in [0.717, 1.165) is 50.5 Å². The topological polar surface area (TPSA) is 131 Å². The van der Waals surface area contributed by atoms with Gasteiger partial charge in [-0.15, -0.1) is 0 Å². The Labute approximate surface area is 253 Å². The first-order valence-electron chi connectivity index (χ1n) is 15.4. The van der Waals surface area contributed by atoms with Crippen molar-refractivity contribution in [3.63, 3.8) is 0 Å². The summed E-state index contributed by atoms with van der Waals surface area (Å²) in [5.74, 6) is -1.37. The third-order valence-corrected chi connectivity index (χ3v) is 6.84. The maximum Gasteiger partial charge on any atom is 0.408 e. The molecular weight excluding hydrogens is 532 g/mol. The van der Waals surface area contributed by atoms with Crippen LogP contribution in [0.2, 0.25) is 0 Å². The number of primary amides is 1. The lowest BCUT2D eigenvalue weighted by Gasteiger charge is -2.35. The third-order valence-electron chi connectivity index (χ3n) is 6.84. The molecule has 9 nitrogen and oxygen atoms in total. The predicted molar refractivity (Wildman–Crippen MR) is 168 cm³/mol. The Morgan fingerprint density at radius 3 is 2.26 bits per heavy atom. The summed E-state index contributed by atoms with van der Waals surface area (Å²) in [6, 6.07) is 5.22. The van der Waals surface area contributed by atoms with Gasteiger partial charge in [-0.25, -0.2) is 4.79 Å². The second kappa shape index (κ2) is 18.9. The van der Waals surface area contributed by atoms with E-state index in [-0.39, 0.29) is 24.8 Å². The van der Waals surface area contributed by atoms with Gasteiger partial charge in [0.25, 0.3) is 0 Å². The van der Waals surface area contributed by atoms with Crippen LogP contribution >= 0.6 is 0 Å². The molecule has 9 heteroatoms. The second-order valence-electron chi connectivity index (χ2n) is 12.0. The average Bonchev–Trinajstić information content (AvgIpc) is 2.90. The minimum atomic E-state index is -1.11. The van der Waals surface area contributed by atoms with Crippen LogP contribution in [0.15, 0.2) is 30.8 Å². The Balaban J connectivity index is 3.55. The molecule has 0 aliphatic heterocycles. The highest BCUT2D eigenvalue weighted by Crippen LogP contribution is 2.26. The van der Waals surface area contributed by atoms with Crippen molar-refractivity contribution in [2.24, 2.45) is 5.73 Å². The van der Waals surface area contributed by atoms with Crippen molar-refractivity contribution in [2.75, 3.05) is 6.54 Å². The van der Waals surface area contributed by atoms with Crippen molar-refractivity contribution < 1.29 is 23.9 Å². The monoisotopic (exact) mass is 586 g/mol. The van der Waals surface area contributed by atoms with Gasteiger partial charge in [-0.2, -0.15) is 0 Å². The van der Waals surface area contributed by atoms with E-state index in [1.165, 1.54) is 0 Å². The van der Waals surface area contributed by atoms with E-state index in [1.54, 1.807) is 31.7 Å². The SMILES string of the molecule is C=Cc1cccc(C(C(=O)NC(C)CCC)N(CCCCCCCC)C(=O)C(CCC(N)=O)NC(=O)OC(C)(C)C)c1. The minimum Gasteiger partial charge on any atom is -0.444 e. The summed E-state index contributed by atoms with van der Waals surface area (Å²) in [6.45, 7) is 15.5. The van der Waals surface area contributed by atoms with Gasteiger partial charge in [0.1, 0.15) is 17.7 Å². The fourth-order valence-corrected chi connectivity index (χ4v) is 4.78. The van der Waals surface area contributed by atoms with Gasteiger partial charge in [-0.05, 0) is 64.2 Å². The number of nitrogens with two attached hydrogens (primary N) is 1. The number of alkyl carbamates (subject to hydrolysis) is 1. The highest BCUT2D eigenvalue weighted by atomic mass is 16.6. The summed E-state index contributed by atoms with van der Waals surface area (Å²) in [5, 5.41) is 5.74. The second-order valence-corrected chi connectivity index (χ2v) is 12.0. The molecule has 0 saturated carbocycles. The van der Waals surface area contributed by atoms with Gasteiger partial charge in [0.2, 0.25) is 17.7 Å². The Bertz CT molecular complexity index is 1020. The van der Waals surface area contributed by atoms with Crippen LogP contribution in [0.1, 0.15) is 123 Å². The lowest BCUT2D eigenvalue weighted by atomic mass is 9.98. The molecule has 42 heavy (non-hydrogen) atoms. The number of amides is 4. The molecule has 0 heterocycles. The van der Waals surface area contributed by atoms with E-state index in [2.05, 4.69) is 24.1 Å². The first-order valence-corrected chi connectivity index (χ1v) is 15.4. The molecule has 0 saturated heterocycles. The van der Waals surface area contributed by atoms with Crippen LogP contribution < -0.4 is 16.4 Å². The summed E-state index contributed by atoms with van der Waals surface area (Å²) in [5.41, 5.74) is 6.09. The molecule has 1 rings (SSSR count). The number of unbranched alkanes of at least 4 members (excludes halogenated alkanes) is 5. The van der Waals surface area contributed by atoms with Gasteiger partial charge in [-0.1, -0.05) is 83.2 Å². The molecule has 3 unspecified atom stereocenters. The minimum absolute atomic E-state index is 0.0202. The molecule has 0 aliphatic rings. The number of benzene rings is 1. The zero-order chi connectivity index (χ0) is 31.7. The Hall–Kier alpha value is -3.36. The predicted octanol–water partition coefficient (Wildman–Crippen LogP) is 6.02. The van der Waals surface area contributed by atoms with Crippen molar-refractivity contribution >= 4 is 29.9 Å². The van der Waals surface area contributed by atoms with Crippen molar-refractivity contribution in [1.29, 1.82) is 0 Å². The van der Waals surface area contributed by atoms with E-state index in [9.17, 15) is 19.2 Å². The zero-order valence-electron chi connectivity index (χ0n) is 26.7. The molecule has 1 aromatic carbocycles. The summed E-state index contributed by atoms with van der Waals surface area (Å²) < 4.78 is 5.42. The van der Waals surface area contributed by atoms with E-state index in [4.69, 9.17) is 10.5 Å². The van der Waals surface area contributed by atoms with Gasteiger partial charge < -0.3 is 26.0 Å². The number of carbonyl (C=O) groups excluding carboxylic acids is 4. The maximum absolute atomic E-state index is 14.3. The van der Waals surface area contributed by atoms with Gasteiger partial charge in [-0.3, -0.25) is 14.4 Å². The summed E-state index contributed by atoms with van der Waals surface area (Å²) in [7, 11) is 0. The number of hydrogen-bond donors (Lipinski definition) is 3. The lowest BCUT2D eigenvalue weighted by molar-refractivity contribution is -0.143. The molecule has 0 fully saturated rings. The normalized spacial score (nSPS) is 13.4. The molecule has 0 aliphatic carbocycles. The van der Waals surface area contributed by atoms with Crippen molar-refractivity contribution in [1.82, 2.24) is 15.5 Å². The fraction of sp³-hybridized carbons (Fsp3) is 0.636. The van der Waals surface area contributed by atoms with E-state index in [1.807, 2.05) is 38.1 Å². The standard InChI is InChI=1S/C33H54N4O5/c1-8-11-12-13-14-15-22-37(31(40)27(20-21-28(34)38)36-32(41)42-33(5,6)7)29(30(39)35-24(4)17-9-2)26-19-16-18-25(10-3)23-26/h10,16,18-19,23-24,27,29H,3,8-9,11-15,17,20-22H2,1-2,4-7H3,(H2,34,38)(H,35,39)(H,36,41). The fourth-order valence-electron chi connectivity index (χ4n) is 4.78. The maximum atomic E-state index is 14.3. The third kappa shape index (κ3) is 14.0. The first-order chi connectivity index (χ1) is 19.8. The van der Waals surface area contributed by atoms with Crippen LogP contribution in [0.25, 0.3) is 6.08 Å². The van der Waals surface area contributed by atoms with Crippen LogP contribution in [0.3, 0.4) is 0 Å². The zero-order valence-corrected chi connectivity index (χ0v) is 26.7. The summed E-state index contributed by atoms with van der Waals surface area (Å²) >= 11 is 0. The molecule has 4 N–H and O–H groups in total. The van der Waals surface area contributed by atoms with Crippen molar-refractivity contribution in [2.45, 2.75) is 129 Å². The quantitative estimate of drug-likeness (QED) is 0.171. The van der Waals surface area contributed by atoms with Gasteiger partial charge >= 0.3 is 6.09 Å². The van der Waals surface area contributed by atoms with Gasteiger partial charge in [0, 0.05) is 19.0 Å². The Morgan fingerprint density at radius 2 is 1.67 bits per heavy atom. The number of rotatable bonds is 19. The van der Waals surface area contributed by atoms with Crippen LogP contribution in [0.4, 0.5) is 4.79 Å². The number of hydrogen-bond acceptors (Lipinski definition) is 5. The summed E-state index contributed by atoms with van der Waals surface area (Å²) in [6.07, 6.45) is 8.43. The highest BCUT2D eigenvalue weighted by molar-refractivity contribution is 5.92. The molecule has 0 bridgehead atoms. The van der Waals surface area contributed by atoms with E-state index in [0.29, 0.717) is 18.5 Å². The van der Waals surface area contributed by atoms with Gasteiger partial charge in [0.05, 0.1) is 0 Å². The molecule has 3 atom stereocenters. The van der Waals surface area contributed by atoms with E-state index >= 15 is 0 Å². The van der Waals surface area contributed by atoms with Crippen LogP contribution in [0.5, 0.6) is 0 Å². The van der Waals surface area contributed by atoms with E-state index < -0.39 is 35.6 Å². The molecule has 236 valence electrons. The largest absolute Gasteiger partial charge is 0.444 e. The molecular formula is C33H54N4O5. The van der Waals surface area contributed by atoms with Crippen LogP contribution in [-0.2, 0) is 19.1 Å². The molecule has 0 spiro atoms. The highest BCUT2D eigenvalue weighted by Gasteiger charge is 2.36. The van der Waals surface area contributed by atoms with Crippen LogP contribution in [0, 0.1) is 0 Å².